The van der Waals surface area contributed by atoms with E-state index < -0.39 is 0 Å². The first-order chi connectivity index (χ1) is 38.2. The van der Waals surface area contributed by atoms with Gasteiger partial charge in [-0.1, -0.05) is 222 Å². The Morgan fingerprint density at radius 1 is 0.244 bits per heavy atom. The third kappa shape index (κ3) is 7.86. The van der Waals surface area contributed by atoms with E-state index in [4.69, 9.17) is 0 Å². The van der Waals surface area contributed by atoms with E-state index in [0.29, 0.717) is 0 Å². The number of anilines is 6. The summed E-state index contributed by atoms with van der Waals surface area (Å²) in [6, 6.07) is 93.5. The largest absolute Gasteiger partial charge is 0.310 e. The molecule has 0 amide bonds. The fraction of sp³-hybridized carbons (Fsp3) is 0.0789. The van der Waals surface area contributed by atoms with Crippen molar-refractivity contribution in [1.29, 1.82) is 0 Å². The van der Waals surface area contributed by atoms with Crippen LogP contribution in [-0.4, -0.2) is 0 Å². The highest BCUT2D eigenvalue weighted by Gasteiger charge is 2.38. The summed E-state index contributed by atoms with van der Waals surface area (Å²) in [7, 11) is 0. The summed E-state index contributed by atoms with van der Waals surface area (Å²) in [6.45, 7) is 9.51. The molecule has 0 unspecified atom stereocenters. The molecule has 0 atom stereocenters. The zero-order chi connectivity index (χ0) is 52.5. The summed E-state index contributed by atoms with van der Waals surface area (Å²) in [5.41, 5.74) is 22.0. The topological polar surface area (TPSA) is 6.48 Å². The van der Waals surface area contributed by atoms with Gasteiger partial charge in [-0.3, -0.25) is 0 Å². The van der Waals surface area contributed by atoms with Gasteiger partial charge in [-0.15, -0.1) is 0 Å². The van der Waals surface area contributed by atoms with Gasteiger partial charge in [-0.25, -0.2) is 0 Å². The molecule has 0 heterocycles. The molecule has 2 nitrogen and oxygen atoms in total. The van der Waals surface area contributed by atoms with Gasteiger partial charge >= 0.3 is 0 Å². The second-order valence-electron chi connectivity index (χ2n) is 22.1. The minimum atomic E-state index is -0.188. The highest BCUT2D eigenvalue weighted by atomic mass is 15.1. The summed E-state index contributed by atoms with van der Waals surface area (Å²) in [4.78, 5) is 4.72. The lowest BCUT2D eigenvalue weighted by Crippen LogP contribution is -2.16. The van der Waals surface area contributed by atoms with Crippen LogP contribution < -0.4 is 9.80 Å². The molecule has 0 aromatic heterocycles. The molecule has 2 aliphatic carbocycles. The second kappa shape index (κ2) is 18.7. The summed E-state index contributed by atoms with van der Waals surface area (Å²) in [5.74, 6) is 0. The molecule has 0 aliphatic heterocycles. The van der Waals surface area contributed by atoms with E-state index in [-0.39, 0.29) is 10.8 Å². The van der Waals surface area contributed by atoms with Crippen molar-refractivity contribution in [1.82, 2.24) is 0 Å². The molecule has 2 heteroatoms. The highest BCUT2D eigenvalue weighted by Crippen LogP contribution is 2.53. The molecule has 0 saturated carbocycles. The predicted octanol–water partition coefficient (Wildman–Crippen LogP) is 21.0. The van der Waals surface area contributed by atoms with Gasteiger partial charge in [0, 0.05) is 45.0 Å². The van der Waals surface area contributed by atoms with Crippen molar-refractivity contribution < 1.29 is 0 Å². The Labute approximate surface area is 458 Å². The maximum absolute atomic E-state index is 2.41. The fourth-order valence-electron chi connectivity index (χ4n) is 12.8. The molecule has 0 fully saturated rings. The minimum Gasteiger partial charge on any atom is -0.310 e. The quantitative estimate of drug-likeness (QED) is 0.0995. The van der Waals surface area contributed by atoms with E-state index in [2.05, 4.69) is 317 Å². The van der Waals surface area contributed by atoms with Gasteiger partial charge in [0.1, 0.15) is 0 Å². The average Bonchev–Trinajstić information content (AvgIpc) is 4.02. The van der Waals surface area contributed by atoms with Gasteiger partial charge in [0.2, 0.25) is 0 Å². The van der Waals surface area contributed by atoms with Crippen LogP contribution in [0.1, 0.15) is 72.2 Å². The Bertz CT molecular complexity index is 4000. The Balaban J connectivity index is 0.778. The van der Waals surface area contributed by atoms with E-state index in [1.807, 2.05) is 0 Å². The third-order valence-electron chi connectivity index (χ3n) is 16.8. The van der Waals surface area contributed by atoms with Crippen molar-refractivity contribution in [3.8, 4) is 22.3 Å². The van der Waals surface area contributed by atoms with Gasteiger partial charge in [0.15, 0.2) is 0 Å². The van der Waals surface area contributed by atoms with Crippen molar-refractivity contribution in [2.45, 2.75) is 38.5 Å². The highest BCUT2D eigenvalue weighted by molar-refractivity contribution is 6.21. The Morgan fingerprint density at radius 2 is 0.538 bits per heavy atom. The summed E-state index contributed by atoms with van der Waals surface area (Å²) < 4.78 is 0. The molecule has 2 aliphatic rings. The molecular weight excluding hydrogens is 941 g/mol. The number of para-hydroxylation sites is 4. The van der Waals surface area contributed by atoms with E-state index in [1.165, 1.54) is 99.1 Å². The smallest absolute Gasteiger partial charge is 0.0465 e. The van der Waals surface area contributed by atoms with Crippen LogP contribution in [0.25, 0.3) is 78.9 Å². The Morgan fingerprint density at radius 3 is 0.885 bits per heavy atom. The zero-order valence-electron chi connectivity index (χ0n) is 44.5. The molecule has 0 saturated heterocycles. The van der Waals surface area contributed by atoms with Crippen molar-refractivity contribution >= 4 is 90.7 Å². The number of benzene rings is 12. The molecule has 372 valence electrons. The third-order valence-corrected chi connectivity index (χ3v) is 16.8. The lowest BCUT2D eigenvalue weighted by molar-refractivity contribution is 0.660. The van der Waals surface area contributed by atoms with Gasteiger partial charge in [0.05, 0.1) is 0 Å². The zero-order valence-corrected chi connectivity index (χ0v) is 44.5. The molecular formula is C76H58N2. The van der Waals surface area contributed by atoms with Gasteiger partial charge in [0.25, 0.3) is 0 Å². The first-order valence-electron chi connectivity index (χ1n) is 27.3. The molecule has 12 aromatic carbocycles. The van der Waals surface area contributed by atoms with Crippen LogP contribution in [-0.2, 0) is 10.8 Å². The van der Waals surface area contributed by atoms with Crippen molar-refractivity contribution in [3.63, 3.8) is 0 Å². The molecule has 0 spiro atoms. The molecule has 0 bridgehead atoms. The van der Waals surface area contributed by atoms with E-state index in [9.17, 15) is 0 Å². The normalized spacial score (nSPS) is 13.7. The number of hydrogen-bond donors (Lipinski definition) is 0. The predicted molar refractivity (Wildman–Crippen MR) is 334 cm³/mol. The molecule has 14 rings (SSSR count). The Kier molecular flexibility index (Phi) is 11.2. The fourth-order valence-corrected chi connectivity index (χ4v) is 12.8. The standard InChI is InChI=1S/C76H58N2/c1-75(2)71-45-51(35-41-65(71)67-43-39-59(49-73(67)75)77(55-21-9-5-10-22-55)56-23-11-6-12-24-56)33-37-53-47-69-64-32-20-18-30-62(64)54(48-70(69)63-31-19-17-29-61(53)63)38-34-52-36-42-66-68-44-40-60(50-74(68)76(3,4)72(66)46-52)78(57-25-13-7-14-26-57)58-27-15-8-16-28-58/h5-50H,1-4H3. The first kappa shape index (κ1) is 47.0. The summed E-state index contributed by atoms with van der Waals surface area (Å²) in [5, 5.41) is 7.52. The number of nitrogens with zero attached hydrogens (tertiary/aromatic N) is 2. The van der Waals surface area contributed by atoms with E-state index in [1.54, 1.807) is 0 Å². The second-order valence-corrected chi connectivity index (χ2v) is 22.1. The minimum absolute atomic E-state index is 0.188. The maximum atomic E-state index is 2.41. The van der Waals surface area contributed by atoms with Crippen LogP contribution >= 0.6 is 0 Å². The van der Waals surface area contributed by atoms with Crippen LogP contribution in [0.2, 0.25) is 0 Å². The SMILES string of the molecule is CC1(C)c2cc(C=Cc3cc4c5ccccc5c(C=Cc5ccc6c(c5)C(C)(C)c5cc(N(c7ccccc7)c7ccccc7)ccc5-6)cc4c4ccccc34)ccc2-c2ccc(N(c3ccccc3)c3ccccc3)cc21. The number of hydrogen-bond acceptors (Lipinski definition) is 2. The lowest BCUT2D eigenvalue weighted by atomic mass is 9.81. The summed E-state index contributed by atoms with van der Waals surface area (Å²) in [6.07, 6.45) is 9.27. The van der Waals surface area contributed by atoms with E-state index >= 15 is 0 Å². The van der Waals surface area contributed by atoms with Crippen LogP contribution in [0, 0.1) is 0 Å². The van der Waals surface area contributed by atoms with Crippen LogP contribution in [0.3, 0.4) is 0 Å². The van der Waals surface area contributed by atoms with Crippen LogP contribution in [0.4, 0.5) is 34.1 Å². The molecule has 12 aromatic rings. The molecule has 0 radical (unpaired) electrons. The lowest BCUT2D eigenvalue weighted by Gasteiger charge is -2.28. The van der Waals surface area contributed by atoms with Crippen molar-refractivity contribution in [2.75, 3.05) is 9.80 Å². The number of fused-ring (bicyclic) bond motifs is 11. The van der Waals surface area contributed by atoms with Gasteiger partial charge in [-0.05, 0) is 184 Å². The first-order valence-corrected chi connectivity index (χ1v) is 27.3. The van der Waals surface area contributed by atoms with E-state index in [0.717, 1.165) is 34.1 Å². The summed E-state index contributed by atoms with van der Waals surface area (Å²) >= 11 is 0. The van der Waals surface area contributed by atoms with Crippen molar-refractivity contribution in [2.24, 2.45) is 0 Å². The molecule has 78 heavy (non-hydrogen) atoms. The number of rotatable bonds is 10. The average molecular weight is 999 g/mol. The maximum Gasteiger partial charge on any atom is 0.0465 e. The molecule has 0 N–H and O–H groups in total. The monoisotopic (exact) mass is 998 g/mol. The van der Waals surface area contributed by atoms with Crippen LogP contribution in [0.5, 0.6) is 0 Å². The van der Waals surface area contributed by atoms with Crippen molar-refractivity contribution in [3.05, 3.63) is 299 Å². The Hall–Kier alpha value is -9.50. The van der Waals surface area contributed by atoms with Gasteiger partial charge < -0.3 is 9.80 Å². The van der Waals surface area contributed by atoms with Crippen LogP contribution in [0.15, 0.2) is 255 Å². The van der Waals surface area contributed by atoms with Gasteiger partial charge in [-0.2, -0.15) is 0 Å².